The summed E-state index contributed by atoms with van der Waals surface area (Å²) in [4.78, 5) is 12.3. The predicted octanol–water partition coefficient (Wildman–Crippen LogP) is 2.90. The molecule has 2 aromatic rings. The van der Waals surface area contributed by atoms with Crippen LogP contribution < -0.4 is 4.74 Å². The van der Waals surface area contributed by atoms with Crippen LogP contribution in [0.5, 0.6) is 17.2 Å². The molecule has 0 aliphatic rings. The van der Waals surface area contributed by atoms with Crippen LogP contribution in [-0.2, 0) is 0 Å². The van der Waals surface area contributed by atoms with E-state index in [0.29, 0.717) is 11.3 Å². The maximum atomic E-state index is 12.3. The number of hydrogen-bond acceptors (Lipinski definition) is 5. The van der Waals surface area contributed by atoms with E-state index in [9.17, 15) is 20.3 Å². The molecule has 0 fully saturated rings. The molecule has 5 nitrogen and oxygen atoms in total. The molecule has 0 atom stereocenters. The Kier molecular flexibility index (Phi) is 4.44. The van der Waals surface area contributed by atoms with Crippen molar-refractivity contribution >= 4 is 11.9 Å². The number of rotatable bonds is 4. The third-order valence-corrected chi connectivity index (χ3v) is 3.03. The molecule has 0 aliphatic heterocycles. The number of ketones is 1. The minimum Gasteiger partial charge on any atom is -0.508 e. The lowest BCUT2D eigenvalue weighted by molar-refractivity contribution is 0.104. The molecule has 0 saturated heterocycles. The molecule has 5 heteroatoms. The van der Waals surface area contributed by atoms with Gasteiger partial charge >= 0.3 is 0 Å². The fraction of sp³-hybridized carbons (Fsp3) is 0.0588. The number of ether oxygens (including phenoxy) is 1. The molecule has 0 radical (unpaired) electrons. The highest BCUT2D eigenvalue weighted by atomic mass is 16.5. The van der Waals surface area contributed by atoms with E-state index >= 15 is 0 Å². The Hall–Kier alpha value is -3.26. The molecular weight excluding hydrogens is 282 g/mol. The fourth-order valence-electron chi connectivity index (χ4n) is 1.86. The van der Waals surface area contributed by atoms with Gasteiger partial charge in [0.1, 0.15) is 28.9 Å². The highest BCUT2D eigenvalue weighted by molar-refractivity contribution is 6.14. The number of hydrogen-bond donors (Lipinski definition) is 2. The first-order valence-electron chi connectivity index (χ1n) is 6.37. The van der Waals surface area contributed by atoms with Gasteiger partial charge in [0, 0.05) is 17.2 Å². The molecule has 0 aliphatic carbocycles. The summed E-state index contributed by atoms with van der Waals surface area (Å²) in [5.74, 6) is -0.169. The maximum Gasteiger partial charge on any atom is 0.203 e. The average molecular weight is 295 g/mol. The number of methoxy groups -OCH3 is 1. The zero-order valence-corrected chi connectivity index (χ0v) is 11.8. The van der Waals surface area contributed by atoms with Crippen LogP contribution in [0.15, 0.2) is 48.0 Å². The standard InChI is InChI=1S/C17H13NO4/c1-22-15-6-3-11(4-7-15)17(21)13(10-18)8-12-2-5-14(19)9-16(12)20/h2-9,19-20H,1H3. The number of benzene rings is 2. The quantitative estimate of drug-likeness (QED) is 0.514. The third kappa shape index (κ3) is 3.25. The van der Waals surface area contributed by atoms with Gasteiger partial charge < -0.3 is 14.9 Å². The molecule has 110 valence electrons. The van der Waals surface area contributed by atoms with E-state index in [1.807, 2.05) is 6.07 Å². The van der Waals surface area contributed by atoms with Crippen molar-refractivity contribution in [2.24, 2.45) is 0 Å². The number of phenolic OH excluding ortho intramolecular Hbond substituents is 2. The van der Waals surface area contributed by atoms with Crippen molar-refractivity contribution in [2.75, 3.05) is 7.11 Å². The second kappa shape index (κ2) is 6.46. The van der Waals surface area contributed by atoms with E-state index in [1.54, 1.807) is 24.3 Å². The normalized spacial score (nSPS) is 10.8. The molecule has 0 aromatic heterocycles. The molecule has 2 N–H and O–H groups in total. The molecule has 22 heavy (non-hydrogen) atoms. The van der Waals surface area contributed by atoms with Gasteiger partial charge in [-0.25, -0.2) is 0 Å². The number of phenols is 2. The Balaban J connectivity index is 2.36. The molecule has 0 heterocycles. The first kappa shape index (κ1) is 15.1. The molecule has 0 spiro atoms. The first-order chi connectivity index (χ1) is 10.5. The molecule has 0 saturated carbocycles. The van der Waals surface area contributed by atoms with Crippen molar-refractivity contribution in [3.05, 3.63) is 59.2 Å². The molecule has 2 rings (SSSR count). The Morgan fingerprint density at radius 2 is 1.86 bits per heavy atom. The van der Waals surface area contributed by atoms with Gasteiger partial charge in [-0.15, -0.1) is 0 Å². The summed E-state index contributed by atoms with van der Waals surface area (Å²) in [5, 5.41) is 28.1. The van der Waals surface area contributed by atoms with E-state index < -0.39 is 5.78 Å². The minimum absolute atomic E-state index is 0.102. The summed E-state index contributed by atoms with van der Waals surface area (Å²) in [6.45, 7) is 0. The summed E-state index contributed by atoms with van der Waals surface area (Å²) in [6, 6.07) is 12.1. The van der Waals surface area contributed by atoms with E-state index in [-0.39, 0.29) is 22.6 Å². The Morgan fingerprint density at radius 3 is 2.41 bits per heavy atom. The smallest absolute Gasteiger partial charge is 0.203 e. The summed E-state index contributed by atoms with van der Waals surface area (Å²) < 4.78 is 5.01. The third-order valence-electron chi connectivity index (χ3n) is 3.03. The lowest BCUT2D eigenvalue weighted by Crippen LogP contribution is -2.01. The van der Waals surface area contributed by atoms with Crippen LogP contribution in [-0.4, -0.2) is 23.1 Å². The van der Waals surface area contributed by atoms with Crippen molar-refractivity contribution < 1.29 is 19.7 Å². The molecule has 0 amide bonds. The van der Waals surface area contributed by atoms with Crippen molar-refractivity contribution in [3.63, 3.8) is 0 Å². The predicted molar refractivity (Wildman–Crippen MR) is 80.7 cm³/mol. The largest absolute Gasteiger partial charge is 0.508 e. The number of carbonyl (C=O) groups excluding carboxylic acids is 1. The summed E-state index contributed by atoms with van der Waals surface area (Å²) in [5.41, 5.74) is 0.495. The van der Waals surface area contributed by atoms with E-state index in [2.05, 4.69) is 0 Å². The van der Waals surface area contributed by atoms with E-state index in [1.165, 1.54) is 25.3 Å². The van der Waals surface area contributed by atoms with Gasteiger partial charge in [-0.3, -0.25) is 4.79 Å². The molecular formula is C17H13NO4. The number of aromatic hydroxyl groups is 2. The van der Waals surface area contributed by atoms with Gasteiger partial charge in [-0.1, -0.05) is 0 Å². The second-order valence-corrected chi connectivity index (χ2v) is 4.47. The first-order valence-corrected chi connectivity index (χ1v) is 6.37. The number of carbonyl (C=O) groups is 1. The summed E-state index contributed by atoms with van der Waals surface area (Å²) in [6.07, 6.45) is 1.28. The van der Waals surface area contributed by atoms with Crippen LogP contribution in [0, 0.1) is 11.3 Å². The van der Waals surface area contributed by atoms with Gasteiger partial charge in [0.05, 0.1) is 7.11 Å². The van der Waals surface area contributed by atoms with E-state index in [0.717, 1.165) is 6.07 Å². The fourth-order valence-corrected chi connectivity index (χ4v) is 1.86. The zero-order valence-electron chi connectivity index (χ0n) is 11.8. The van der Waals surface area contributed by atoms with Gasteiger partial charge in [0.15, 0.2) is 0 Å². The van der Waals surface area contributed by atoms with Gasteiger partial charge in [-0.05, 0) is 42.5 Å². The van der Waals surface area contributed by atoms with Crippen LogP contribution >= 0.6 is 0 Å². The number of nitrogens with zero attached hydrogens (tertiary/aromatic N) is 1. The van der Waals surface area contributed by atoms with Crippen molar-refractivity contribution in [1.29, 1.82) is 5.26 Å². The SMILES string of the molecule is COc1ccc(C(=O)C(C#N)=Cc2ccc(O)cc2O)cc1. The minimum atomic E-state index is -0.461. The number of Topliss-reactive ketones (excluding diaryl/α,β-unsaturated/α-hetero) is 1. The Labute approximate surface area is 127 Å². The Morgan fingerprint density at radius 1 is 1.18 bits per heavy atom. The molecule has 2 aromatic carbocycles. The van der Waals surface area contributed by atoms with Gasteiger partial charge in [-0.2, -0.15) is 5.26 Å². The number of allylic oxidation sites excluding steroid dienone is 1. The highest BCUT2D eigenvalue weighted by Gasteiger charge is 2.13. The second-order valence-electron chi connectivity index (χ2n) is 4.47. The number of nitriles is 1. The highest BCUT2D eigenvalue weighted by Crippen LogP contribution is 2.25. The van der Waals surface area contributed by atoms with Crippen molar-refractivity contribution in [2.45, 2.75) is 0 Å². The van der Waals surface area contributed by atoms with Crippen molar-refractivity contribution in [1.82, 2.24) is 0 Å². The monoisotopic (exact) mass is 295 g/mol. The van der Waals surface area contributed by atoms with E-state index in [4.69, 9.17) is 4.74 Å². The molecule has 0 bridgehead atoms. The topological polar surface area (TPSA) is 90.6 Å². The van der Waals surface area contributed by atoms with Crippen LogP contribution in [0.3, 0.4) is 0 Å². The van der Waals surface area contributed by atoms with Crippen LogP contribution in [0.25, 0.3) is 6.08 Å². The van der Waals surface area contributed by atoms with Gasteiger partial charge in [0.25, 0.3) is 0 Å². The average Bonchev–Trinajstić information content (AvgIpc) is 2.54. The Bertz CT molecular complexity index is 770. The summed E-state index contributed by atoms with van der Waals surface area (Å²) in [7, 11) is 1.52. The van der Waals surface area contributed by atoms with Crippen LogP contribution in [0.1, 0.15) is 15.9 Å². The van der Waals surface area contributed by atoms with Crippen LogP contribution in [0.2, 0.25) is 0 Å². The maximum absolute atomic E-state index is 12.3. The lowest BCUT2D eigenvalue weighted by Gasteiger charge is -2.03. The summed E-state index contributed by atoms with van der Waals surface area (Å²) >= 11 is 0. The van der Waals surface area contributed by atoms with Gasteiger partial charge in [0.2, 0.25) is 5.78 Å². The van der Waals surface area contributed by atoms with Crippen LogP contribution in [0.4, 0.5) is 0 Å². The van der Waals surface area contributed by atoms with Crippen molar-refractivity contribution in [3.8, 4) is 23.3 Å². The zero-order chi connectivity index (χ0) is 16.1. The lowest BCUT2D eigenvalue weighted by atomic mass is 10.0. The molecule has 0 unspecified atom stereocenters.